The van der Waals surface area contributed by atoms with Crippen LogP contribution >= 0.6 is 0 Å². The van der Waals surface area contributed by atoms with E-state index in [9.17, 15) is 0 Å². The van der Waals surface area contributed by atoms with Gasteiger partial charge in [0.05, 0.1) is 0 Å². The van der Waals surface area contributed by atoms with Crippen LogP contribution in [0.25, 0.3) is 0 Å². The van der Waals surface area contributed by atoms with Gasteiger partial charge in [-0.15, -0.1) is 0 Å². The zero-order valence-corrected chi connectivity index (χ0v) is 20.3. The van der Waals surface area contributed by atoms with Gasteiger partial charge in [0, 0.05) is 0 Å². The second kappa shape index (κ2) is 19.2. The first-order valence-corrected chi connectivity index (χ1v) is 13.3. The fourth-order valence-electron chi connectivity index (χ4n) is 4.35. The lowest BCUT2D eigenvalue weighted by molar-refractivity contribution is 0.507. The monoisotopic (exact) mass is 400 g/mol. The molecule has 0 saturated heterocycles. The van der Waals surface area contributed by atoms with Gasteiger partial charge >= 0.3 is 0 Å². The lowest BCUT2D eigenvalue weighted by Gasteiger charge is -2.07. The number of unbranched alkanes of at least 4 members (excludes halogenated alkanes) is 14. The van der Waals surface area contributed by atoms with Crippen LogP contribution in [0.5, 0.6) is 0 Å². The van der Waals surface area contributed by atoms with Gasteiger partial charge in [0.1, 0.15) is 0 Å². The topological polar surface area (TPSA) is 0 Å². The number of hydrogen-bond donors (Lipinski definition) is 0. The number of rotatable bonds is 20. The largest absolute Gasteiger partial charge is 0.0654 e. The average molecular weight is 401 g/mol. The van der Waals surface area contributed by atoms with E-state index in [0.29, 0.717) is 0 Å². The van der Waals surface area contributed by atoms with Crippen molar-refractivity contribution in [3.8, 4) is 0 Å². The first-order valence-electron chi connectivity index (χ1n) is 13.3. The van der Waals surface area contributed by atoms with E-state index in [0.717, 1.165) is 5.92 Å². The van der Waals surface area contributed by atoms with Gasteiger partial charge in [-0.3, -0.25) is 0 Å². The highest BCUT2D eigenvalue weighted by atomic mass is 14.1. The van der Waals surface area contributed by atoms with E-state index in [1.807, 2.05) is 0 Å². The summed E-state index contributed by atoms with van der Waals surface area (Å²) in [5.74, 6) is 0.883. The maximum absolute atomic E-state index is 2.48. The van der Waals surface area contributed by atoms with Crippen LogP contribution in [0.3, 0.4) is 0 Å². The number of benzene rings is 1. The highest BCUT2D eigenvalue weighted by Gasteiger charge is 1.99. The molecule has 0 atom stereocenters. The molecule has 0 heteroatoms. The third-order valence-electron chi connectivity index (χ3n) is 6.31. The first kappa shape index (κ1) is 26.3. The third-order valence-corrected chi connectivity index (χ3v) is 6.31. The summed E-state index contributed by atoms with van der Waals surface area (Å²) in [6, 6.07) is 9.44. The lowest BCUT2D eigenvalue weighted by atomic mass is 9.99. The highest BCUT2D eigenvalue weighted by molar-refractivity contribution is 5.23. The molecule has 0 nitrogen and oxygen atoms in total. The molecule has 0 spiro atoms. The molecule has 0 amide bonds. The van der Waals surface area contributed by atoms with Crippen LogP contribution in [0.4, 0.5) is 0 Å². The van der Waals surface area contributed by atoms with Crippen molar-refractivity contribution < 1.29 is 0 Å². The number of hydrogen-bond acceptors (Lipinski definition) is 0. The molecule has 0 aliphatic rings. The Hall–Kier alpha value is -0.780. The van der Waals surface area contributed by atoms with Gasteiger partial charge < -0.3 is 0 Å². The van der Waals surface area contributed by atoms with E-state index in [1.54, 1.807) is 11.1 Å². The minimum absolute atomic E-state index is 0.883. The summed E-state index contributed by atoms with van der Waals surface area (Å²) in [5, 5.41) is 0. The van der Waals surface area contributed by atoms with Crippen molar-refractivity contribution in [1.29, 1.82) is 0 Å². The van der Waals surface area contributed by atoms with Crippen LogP contribution < -0.4 is 0 Å². The second-order valence-corrected chi connectivity index (χ2v) is 9.81. The van der Waals surface area contributed by atoms with Gasteiger partial charge in [-0.2, -0.15) is 0 Å². The average Bonchev–Trinajstić information content (AvgIpc) is 2.71. The molecule has 0 heterocycles. The summed E-state index contributed by atoms with van der Waals surface area (Å²) in [6.45, 7) is 6.98. The molecule has 0 N–H and O–H groups in total. The van der Waals surface area contributed by atoms with Crippen molar-refractivity contribution in [2.75, 3.05) is 0 Å². The van der Waals surface area contributed by atoms with Crippen molar-refractivity contribution in [3.63, 3.8) is 0 Å². The van der Waals surface area contributed by atoms with Crippen molar-refractivity contribution in [2.45, 2.75) is 143 Å². The molecule has 0 aromatic heterocycles. The molecule has 0 unspecified atom stereocenters. The van der Waals surface area contributed by atoms with E-state index in [4.69, 9.17) is 0 Å². The van der Waals surface area contributed by atoms with Crippen LogP contribution in [0.2, 0.25) is 0 Å². The van der Waals surface area contributed by atoms with Crippen LogP contribution in [-0.4, -0.2) is 0 Å². The molecule has 1 aromatic carbocycles. The molecule has 0 aliphatic heterocycles. The molecular formula is C29H52. The predicted molar refractivity (Wildman–Crippen MR) is 133 cm³/mol. The Labute approximate surface area is 184 Å². The molecular weight excluding hydrogens is 348 g/mol. The quantitative estimate of drug-likeness (QED) is 0.191. The van der Waals surface area contributed by atoms with E-state index >= 15 is 0 Å². The number of aryl methyl sites for hydroxylation is 2. The van der Waals surface area contributed by atoms with E-state index in [2.05, 4.69) is 45.0 Å². The fraction of sp³-hybridized carbons (Fsp3) is 0.793. The summed E-state index contributed by atoms with van der Waals surface area (Å²) in [4.78, 5) is 0. The first-order chi connectivity index (χ1) is 14.2. The van der Waals surface area contributed by atoms with Crippen molar-refractivity contribution in [1.82, 2.24) is 0 Å². The standard InChI is InChI=1S/C29H52/c1-4-5-6-7-8-12-15-18-22-28-24-20-25-29(26-28)23-19-16-13-10-9-11-14-17-21-27(2)3/h20,24-27H,4-19,21-23H2,1-3H3. The van der Waals surface area contributed by atoms with E-state index in [1.165, 1.54) is 122 Å². The highest BCUT2D eigenvalue weighted by Crippen LogP contribution is 2.16. The summed E-state index contributed by atoms with van der Waals surface area (Å²) >= 11 is 0. The van der Waals surface area contributed by atoms with E-state index < -0.39 is 0 Å². The van der Waals surface area contributed by atoms with Crippen LogP contribution in [0, 0.1) is 5.92 Å². The predicted octanol–water partition coefficient (Wildman–Crippen LogP) is 10.1. The molecule has 0 aliphatic carbocycles. The zero-order valence-electron chi connectivity index (χ0n) is 20.3. The molecule has 0 radical (unpaired) electrons. The lowest BCUT2D eigenvalue weighted by Crippen LogP contribution is -1.91. The summed E-state index contributed by atoms with van der Waals surface area (Å²) in [6.07, 6.45) is 26.7. The Morgan fingerprint density at radius 1 is 0.552 bits per heavy atom. The van der Waals surface area contributed by atoms with Gasteiger partial charge in [0.25, 0.3) is 0 Å². The Morgan fingerprint density at radius 3 is 1.41 bits per heavy atom. The SMILES string of the molecule is CCCCCCCCCCc1cccc(CCCCCCCCCCC(C)C)c1. The van der Waals surface area contributed by atoms with Crippen LogP contribution in [-0.2, 0) is 12.8 Å². The summed E-state index contributed by atoms with van der Waals surface area (Å²) in [5.41, 5.74) is 3.13. The van der Waals surface area contributed by atoms with Crippen molar-refractivity contribution >= 4 is 0 Å². The third kappa shape index (κ3) is 16.7. The molecule has 0 bridgehead atoms. The molecule has 0 fully saturated rings. The van der Waals surface area contributed by atoms with E-state index in [-0.39, 0.29) is 0 Å². The Kier molecular flexibility index (Phi) is 17.4. The summed E-state index contributed by atoms with van der Waals surface area (Å²) < 4.78 is 0. The summed E-state index contributed by atoms with van der Waals surface area (Å²) in [7, 11) is 0. The minimum Gasteiger partial charge on any atom is -0.0654 e. The van der Waals surface area contributed by atoms with Gasteiger partial charge in [0.2, 0.25) is 0 Å². The van der Waals surface area contributed by atoms with Crippen molar-refractivity contribution in [3.05, 3.63) is 35.4 Å². The molecule has 1 aromatic rings. The fourth-order valence-corrected chi connectivity index (χ4v) is 4.35. The molecule has 29 heavy (non-hydrogen) atoms. The second-order valence-electron chi connectivity index (χ2n) is 9.81. The molecule has 1 rings (SSSR count). The molecule has 0 saturated carbocycles. The maximum atomic E-state index is 2.48. The van der Waals surface area contributed by atoms with Gasteiger partial charge in [-0.05, 0) is 42.7 Å². The Bertz CT molecular complexity index is 459. The zero-order chi connectivity index (χ0) is 21.0. The normalized spacial score (nSPS) is 11.4. The molecule has 168 valence electrons. The van der Waals surface area contributed by atoms with Crippen LogP contribution in [0.1, 0.15) is 141 Å². The van der Waals surface area contributed by atoms with Crippen molar-refractivity contribution in [2.24, 2.45) is 5.92 Å². The van der Waals surface area contributed by atoms with Gasteiger partial charge in [-0.25, -0.2) is 0 Å². The Balaban J connectivity index is 1.99. The van der Waals surface area contributed by atoms with Gasteiger partial charge in [-0.1, -0.05) is 141 Å². The maximum Gasteiger partial charge on any atom is -0.0279 e. The Morgan fingerprint density at radius 2 is 0.966 bits per heavy atom. The smallest absolute Gasteiger partial charge is 0.0279 e. The minimum atomic E-state index is 0.883. The van der Waals surface area contributed by atoms with Gasteiger partial charge in [0.15, 0.2) is 0 Å². The van der Waals surface area contributed by atoms with Crippen LogP contribution in [0.15, 0.2) is 24.3 Å².